The molecule has 18 heavy (non-hydrogen) atoms. The van der Waals surface area contributed by atoms with Crippen molar-refractivity contribution < 1.29 is 0 Å². The van der Waals surface area contributed by atoms with E-state index in [4.69, 9.17) is 0 Å². The Bertz CT molecular complexity index is 374. The van der Waals surface area contributed by atoms with Gasteiger partial charge >= 0.3 is 0 Å². The summed E-state index contributed by atoms with van der Waals surface area (Å²) in [5.41, 5.74) is 0. The molecule has 1 heterocycles. The van der Waals surface area contributed by atoms with E-state index in [0.29, 0.717) is 12.1 Å². The van der Waals surface area contributed by atoms with Crippen molar-refractivity contribution >= 4 is 11.3 Å². The van der Waals surface area contributed by atoms with Crippen molar-refractivity contribution in [2.75, 3.05) is 0 Å². The second-order valence-electron chi connectivity index (χ2n) is 5.91. The monoisotopic (exact) mass is 266 g/mol. The molecule has 1 saturated carbocycles. The third-order valence-electron chi connectivity index (χ3n) is 4.21. The van der Waals surface area contributed by atoms with E-state index in [1.165, 1.54) is 29.1 Å². The van der Waals surface area contributed by atoms with Gasteiger partial charge in [-0.25, -0.2) is 4.98 Å². The molecule has 1 fully saturated rings. The molecular formula is C15H26N2S. The van der Waals surface area contributed by atoms with Gasteiger partial charge in [0.2, 0.25) is 0 Å². The van der Waals surface area contributed by atoms with Gasteiger partial charge in [-0.05, 0) is 38.0 Å². The minimum Gasteiger partial charge on any atom is -0.305 e. The summed E-state index contributed by atoms with van der Waals surface area (Å²) in [6, 6.07) is 1.06. The van der Waals surface area contributed by atoms with E-state index in [0.717, 1.165) is 18.3 Å². The molecule has 102 valence electrons. The molecule has 0 saturated heterocycles. The van der Waals surface area contributed by atoms with Crippen LogP contribution in [0.2, 0.25) is 0 Å². The third-order valence-corrected chi connectivity index (χ3v) is 5.54. The molecular weight excluding hydrogens is 240 g/mol. The number of hydrogen-bond donors (Lipinski definition) is 1. The molecule has 1 aliphatic carbocycles. The largest absolute Gasteiger partial charge is 0.305 e. The van der Waals surface area contributed by atoms with Crippen LogP contribution in [0.25, 0.3) is 0 Å². The van der Waals surface area contributed by atoms with Crippen LogP contribution < -0.4 is 5.32 Å². The van der Waals surface area contributed by atoms with Gasteiger partial charge in [-0.2, -0.15) is 0 Å². The molecule has 2 rings (SSSR count). The fourth-order valence-electron chi connectivity index (χ4n) is 2.84. The number of thiazole rings is 1. The van der Waals surface area contributed by atoms with Crippen LogP contribution in [-0.4, -0.2) is 11.0 Å². The molecule has 4 unspecified atom stereocenters. The molecule has 4 atom stereocenters. The molecule has 1 aromatic heterocycles. The first kappa shape index (κ1) is 14.0. The van der Waals surface area contributed by atoms with Crippen LogP contribution in [0.15, 0.2) is 6.20 Å². The number of nitrogens with one attached hydrogen (secondary N) is 1. The SMILES string of the molecule is CCc1cnc(C(C)NC2CC(C)CCC2C)s1. The number of aromatic nitrogens is 1. The Hall–Kier alpha value is -0.410. The summed E-state index contributed by atoms with van der Waals surface area (Å²) in [4.78, 5) is 5.94. The summed E-state index contributed by atoms with van der Waals surface area (Å²) in [6.45, 7) is 9.21. The Morgan fingerprint density at radius 3 is 2.89 bits per heavy atom. The highest BCUT2D eigenvalue weighted by molar-refractivity contribution is 7.11. The summed E-state index contributed by atoms with van der Waals surface area (Å²) in [5.74, 6) is 1.67. The molecule has 1 aliphatic rings. The summed E-state index contributed by atoms with van der Waals surface area (Å²) < 4.78 is 0. The van der Waals surface area contributed by atoms with Gasteiger partial charge < -0.3 is 5.32 Å². The van der Waals surface area contributed by atoms with E-state index in [9.17, 15) is 0 Å². The average molecular weight is 266 g/mol. The second kappa shape index (κ2) is 6.16. The Morgan fingerprint density at radius 1 is 1.44 bits per heavy atom. The summed E-state index contributed by atoms with van der Waals surface area (Å²) in [7, 11) is 0. The number of hydrogen-bond acceptors (Lipinski definition) is 3. The molecule has 1 aromatic rings. The van der Waals surface area contributed by atoms with Gasteiger partial charge in [-0.3, -0.25) is 0 Å². The lowest BCUT2D eigenvalue weighted by atomic mass is 9.80. The second-order valence-corrected chi connectivity index (χ2v) is 7.06. The van der Waals surface area contributed by atoms with Gasteiger partial charge in [-0.15, -0.1) is 11.3 Å². The van der Waals surface area contributed by atoms with Crippen LogP contribution in [0.4, 0.5) is 0 Å². The standard InChI is InChI=1S/C15H26N2S/c1-5-13-9-16-15(18-13)12(4)17-14-8-10(2)6-7-11(14)3/h9-12,14,17H,5-8H2,1-4H3. The quantitative estimate of drug-likeness (QED) is 0.884. The van der Waals surface area contributed by atoms with E-state index in [-0.39, 0.29) is 0 Å². The highest BCUT2D eigenvalue weighted by atomic mass is 32.1. The Labute approximate surface area is 115 Å². The maximum Gasteiger partial charge on any atom is 0.109 e. The van der Waals surface area contributed by atoms with Crippen LogP contribution in [-0.2, 0) is 6.42 Å². The molecule has 0 spiro atoms. The lowest BCUT2D eigenvalue weighted by Crippen LogP contribution is -2.40. The van der Waals surface area contributed by atoms with E-state index in [2.05, 4.69) is 38.0 Å². The van der Waals surface area contributed by atoms with Crippen LogP contribution in [0, 0.1) is 11.8 Å². The molecule has 2 nitrogen and oxygen atoms in total. The Balaban J connectivity index is 1.95. The van der Waals surface area contributed by atoms with Crippen molar-refractivity contribution in [1.29, 1.82) is 0 Å². The molecule has 0 radical (unpaired) electrons. The average Bonchev–Trinajstić information content (AvgIpc) is 2.82. The van der Waals surface area contributed by atoms with Crippen molar-refractivity contribution in [2.45, 2.75) is 65.5 Å². The first-order valence-electron chi connectivity index (χ1n) is 7.30. The summed E-state index contributed by atoms with van der Waals surface area (Å²) in [6.07, 6.45) is 7.21. The molecule has 1 N–H and O–H groups in total. The number of aryl methyl sites for hydroxylation is 1. The lowest BCUT2D eigenvalue weighted by Gasteiger charge is -2.35. The lowest BCUT2D eigenvalue weighted by molar-refractivity contribution is 0.216. The smallest absolute Gasteiger partial charge is 0.109 e. The van der Waals surface area contributed by atoms with Crippen LogP contribution in [0.5, 0.6) is 0 Å². The summed E-state index contributed by atoms with van der Waals surface area (Å²) >= 11 is 1.86. The zero-order chi connectivity index (χ0) is 13.1. The minimum absolute atomic E-state index is 0.396. The molecule has 0 amide bonds. The van der Waals surface area contributed by atoms with E-state index in [1.807, 2.05) is 17.5 Å². The maximum absolute atomic E-state index is 4.55. The van der Waals surface area contributed by atoms with Crippen molar-refractivity contribution in [2.24, 2.45) is 11.8 Å². The Kier molecular flexibility index (Phi) is 4.79. The van der Waals surface area contributed by atoms with Crippen molar-refractivity contribution in [1.82, 2.24) is 10.3 Å². The van der Waals surface area contributed by atoms with Crippen LogP contribution in [0.3, 0.4) is 0 Å². The van der Waals surface area contributed by atoms with Crippen molar-refractivity contribution in [3.05, 3.63) is 16.1 Å². The van der Waals surface area contributed by atoms with E-state index < -0.39 is 0 Å². The van der Waals surface area contributed by atoms with Gasteiger partial charge in [0.05, 0.1) is 6.04 Å². The van der Waals surface area contributed by atoms with Gasteiger partial charge in [0, 0.05) is 17.1 Å². The van der Waals surface area contributed by atoms with E-state index in [1.54, 1.807) is 0 Å². The zero-order valence-corrected chi connectivity index (χ0v) is 12.9. The minimum atomic E-state index is 0.396. The first-order chi connectivity index (χ1) is 8.60. The van der Waals surface area contributed by atoms with E-state index >= 15 is 0 Å². The predicted molar refractivity (Wildman–Crippen MR) is 79.0 cm³/mol. The highest BCUT2D eigenvalue weighted by Crippen LogP contribution is 2.30. The van der Waals surface area contributed by atoms with Gasteiger partial charge in [0.25, 0.3) is 0 Å². The first-order valence-corrected chi connectivity index (χ1v) is 8.12. The Morgan fingerprint density at radius 2 is 2.22 bits per heavy atom. The van der Waals surface area contributed by atoms with Gasteiger partial charge in [-0.1, -0.05) is 27.2 Å². The fraction of sp³-hybridized carbons (Fsp3) is 0.800. The number of rotatable bonds is 4. The molecule has 3 heteroatoms. The maximum atomic E-state index is 4.55. The predicted octanol–water partition coefficient (Wildman–Crippen LogP) is 4.18. The third kappa shape index (κ3) is 3.33. The molecule has 0 bridgehead atoms. The fourth-order valence-corrected chi connectivity index (χ4v) is 3.71. The van der Waals surface area contributed by atoms with Crippen LogP contribution >= 0.6 is 11.3 Å². The number of nitrogens with zero attached hydrogens (tertiary/aromatic N) is 1. The van der Waals surface area contributed by atoms with Crippen LogP contribution in [0.1, 0.15) is 62.9 Å². The van der Waals surface area contributed by atoms with Gasteiger partial charge in [0.1, 0.15) is 5.01 Å². The summed E-state index contributed by atoms with van der Waals surface area (Å²) in [5, 5.41) is 5.05. The zero-order valence-electron chi connectivity index (χ0n) is 12.1. The molecule has 0 aromatic carbocycles. The topological polar surface area (TPSA) is 24.9 Å². The van der Waals surface area contributed by atoms with Crippen molar-refractivity contribution in [3.63, 3.8) is 0 Å². The molecule has 0 aliphatic heterocycles. The normalized spacial score (nSPS) is 30.3. The van der Waals surface area contributed by atoms with Crippen molar-refractivity contribution in [3.8, 4) is 0 Å². The van der Waals surface area contributed by atoms with Gasteiger partial charge in [0.15, 0.2) is 0 Å². The highest BCUT2D eigenvalue weighted by Gasteiger charge is 2.27.